The minimum atomic E-state index is -0.209. The first kappa shape index (κ1) is 18.3. The summed E-state index contributed by atoms with van der Waals surface area (Å²) in [6, 6.07) is 7.46. The molecule has 0 aromatic heterocycles. The Bertz CT molecular complexity index is 559. The second-order valence-electron chi connectivity index (χ2n) is 6.49. The largest absolute Gasteiger partial charge is 0.339 e. The number of nitrogens with zero attached hydrogens (tertiary/aromatic N) is 1. The number of amides is 3. The monoisotopic (exact) mass is 332 g/mol. The number of anilines is 1. The average Bonchev–Trinajstić information content (AvgIpc) is 2.96. The van der Waals surface area contributed by atoms with Crippen molar-refractivity contribution >= 4 is 17.6 Å². The maximum absolute atomic E-state index is 12.5. The Morgan fingerprint density at radius 2 is 2.00 bits per heavy atom. The number of hydrogen-bond donors (Lipinski definition) is 3. The Morgan fingerprint density at radius 3 is 2.58 bits per heavy atom. The zero-order valence-electron chi connectivity index (χ0n) is 14.5. The van der Waals surface area contributed by atoms with Gasteiger partial charge in [-0.15, -0.1) is 0 Å². The molecular weight excluding hydrogens is 304 g/mol. The highest BCUT2D eigenvalue weighted by Gasteiger charge is 2.31. The summed E-state index contributed by atoms with van der Waals surface area (Å²) in [5.74, 6) is 0.553. The summed E-state index contributed by atoms with van der Waals surface area (Å²) in [4.78, 5) is 26.0. The van der Waals surface area contributed by atoms with Gasteiger partial charge in [0.25, 0.3) is 0 Å². The van der Waals surface area contributed by atoms with E-state index in [2.05, 4.69) is 17.6 Å². The fourth-order valence-electron chi connectivity index (χ4n) is 3.06. The normalized spacial score (nSPS) is 20.0. The van der Waals surface area contributed by atoms with Crippen LogP contribution in [0, 0.1) is 5.92 Å². The van der Waals surface area contributed by atoms with Gasteiger partial charge in [0.2, 0.25) is 5.91 Å². The molecule has 0 saturated carbocycles. The Balaban J connectivity index is 1.87. The third-order valence-corrected chi connectivity index (χ3v) is 4.42. The van der Waals surface area contributed by atoms with E-state index in [-0.39, 0.29) is 18.0 Å². The maximum atomic E-state index is 12.5. The van der Waals surface area contributed by atoms with Crippen LogP contribution in [0.15, 0.2) is 24.3 Å². The standard InChI is InChI=1S/C18H28N4O2/c1-3-8-20-18(24)21-16-6-4-14(5-7-16)10-17(23)22-12-15(11-19)9-13(22)2/h4-7,13,15H,3,8-12,19H2,1-2H3,(H2,20,21,24). The lowest BCUT2D eigenvalue weighted by molar-refractivity contribution is -0.131. The van der Waals surface area contributed by atoms with Crippen molar-refractivity contribution in [2.75, 3.05) is 25.0 Å². The molecule has 1 heterocycles. The van der Waals surface area contributed by atoms with Gasteiger partial charge in [-0.1, -0.05) is 19.1 Å². The predicted molar refractivity (Wildman–Crippen MR) is 95.8 cm³/mol. The Morgan fingerprint density at radius 1 is 1.29 bits per heavy atom. The molecule has 0 radical (unpaired) electrons. The van der Waals surface area contributed by atoms with Gasteiger partial charge in [0.15, 0.2) is 0 Å². The van der Waals surface area contributed by atoms with E-state index in [1.165, 1.54) is 0 Å². The van der Waals surface area contributed by atoms with Gasteiger partial charge in [0.1, 0.15) is 0 Å². The lowest BCUT2D eigenvalue weighted by Gasteiger charge is -2.21. The van der Waals surface area contributed by atoms with E-state index in [1.54, 1.807) is 0 Å². The molecule has 6 nitrogen and oxygen atoms in total. The lowest BCUT2D eigenvalue weighted by atomic mass is 10.1. The van der Waals surface area contributed by atoms with E-state index >= 15 is 0 Å². The zero-order valence-corrected chi connectivity index (χ0v) is 14.5. The second-order valence-corrected chi connectivity index (χ2v) is 6.49. The zero-order chi connectivity index (χ0) is 17.5. The van der Waals surface area contributed by atoms with Crippen molar-refractivity contribution in [1.29, 1.82) is 0 Å². The van der Waals surface area contributed by atoms with Crippen molar-refractivity contribution in [3.63, 3.8) is 0 Å². The van der Waals surface area contributed by atoms with E-state index in [0.29, 0.717) is 25.4 Å². The minimum absolute atomic E-state index is 0.139. The van der Waals surface area contributed by atoms with Crippen molar-refractivity contribution in [2.45, 2.75) is 39.2 Å². The van der Waals surface area contributed by atoms with E-state index in [9.17, 15) is 9.59 Å². The van der Waals surface area contributed by atoms with Crippen molar-refractivity contribution in [2.24, 2.45) is 11.7 Å². The molecule has 6 heteroatoms. The molecule has 1 aromatic carbocycles. The van der Waals surface area contributed by atoms with Crippen LogP contribution in [0.4, 0.5) is 10.5 Å². The van der Waals surface area contributed by atoms with Gasteiger partial charge in [-0.05, 0) is 49.9 Å². The topological polar surface area (TPSA) is 87.5 Å². The van der Waals surface area contributed by atoms with Crippen molar-refractivity contribution in [3.05, 3.63) is 29.8 Å². The van der Waals surface area contributed by atoms with E-state index in [1.807, 2.05) is 36.1 Å². The molecule has 1 aromatic rings. The number of carbonyl (C=O) groups excluding carboxylic acids is 2. The van der Waals surface area contributed by atoms with Crippen molar-refractivity contribution in [1.82, 2.24) is 10.2 Å². The van der Waals surface area contributed by atoms with Gasteiger partial charge < -0.3 is 21.3 Å². The smallest absolute Gasteiger partial charge is 0.319 e. The van der Waals surface area contributed by atoms with Gasteiger partial charge in [-0.25, -0.2) is 4.79 Å². The molecule has 24 heavy (non-hydrogen) atoms. The van der Waals surface area contributed by atoms with E-state index < -0.39 is 0 Å². The number of nitrogens with one attached hydrogen (secondary N) is 2. The summed E-state index contributed by atoms with van der Waals surface area (Å²) in [5.41, 5.74) is 7.39. The summed E-state index contributed by atoms with van der Waals surface area (Å²) < 4.78 is 0. The Hall–Kier alpha value is -2.08. The molecule has 0 aliphatic carbocycles. The average molecular weight is 332 g/mol. The highest BCUT2D eigenvalue weighted by atomic mass is 16.2. The molecule has 1 aliphatic heterocycles. The van der Waals surface area contributed by atoms with Crippen LogP contribution in [-0.4, -0.2) is 42.5 Å². The van der Waals surface area contributed by atoms with Crippen LogP contribution in [0.2, 0.25) is 0 Å². The summed E-state index contributed by atoms with van der Waals surface area (Å²) in [6.07, 6.45) is 2.26. The number of benzene rings is 1. The molecule has 1 fully saturated rings. The van der Waals surface area contributed by atoms with Gasteiger partial charge in [-0.2, -0.15) is 0 Å². The number of rotatable bonds is 6. The van der Waals surface area contributed by atoms with Crippen molar-refractivity contribution in [3.8, 4) is 0 Å². The quantitative estimate of drug-likeness (QED) is 0.744. The Kier molecular flexibility index (Phi) is 6.61. The number of hydrogen-bond acceptors (Lipinski definition) is 3. The highest BCUT2D eigenvalue weighted by molar-refractivity contribution is 5.89. The van der Waals surface area contributed by atoms with E-state index in [4.69, 9.17) is 5.73 Å². The van der Waals surface area contributed by atoms with Crippen LogP contribution in [-0.2, 0) is 11.2 Å². The summed E-state index contributed by atoms with van der Waals surface area (Å²) in [6.45, 7) is 6.12. The fraction of sp³-hybridized carbons (Fsp3) is 0.556. The second kappa shape index (κ2) is 8.68. The molecule has 1 saturated heterocycles. The summed E-state index contributed by atoms with van der Waals surface area (Å²) in [7, 11) is 0. The van der Waals surface area contributed by atoms with Gasteiger partial charge in [0, 0.05) is 24.8 Å². The fourth-order valence-corrected chi connectivity index (χ4v) is 3.06. The lowest BCUT2D eigenvalue weighted by Crippen LogP contribution is -2.35. The SMILES string of the molecule is CCCNC(=O)Nc1ccc(CC(=O)N2CC(CN)CC2C)cc1. The molecular formula is C18H28N4O2. The van der Waals surface area contributed by atoms with Crippen LogP contribution in [0.3, 0.4) is 0 Å². The molecule has 1 aliphatic rings. The highest BCUT2D eigenvalue weighted by Crippen LogP contribution is 2.23. The minimum Gasteiger partial charge on any atom is -0.339 e. The molecule has 4 N–H and O–H groups in total. The molecule has 0 bridgehead atoms. The number of urea groups is 1. The van der Waals surface area contributed by atoms with E-state index in [0.717, 1.165) is 30.6 Å². The number of carbonyl (C=O) groups is 2. The van der Waals surface area contributed by atoms with Crippen LogP contribution in [0.1, 0.15) is 32.3 Å². The predicted octanol–water partition coefficient (Wildman–Crippen LogP) is 1.96. The molecule has 2 rings (SSSR count). The van der Waals surface area contributed by atoms with Crippen molar-refractivity contribution < 1.29 is 9.59 Å². The molecule has 2 unspecified atom stereocenters. The van der Waals surface area contributed by atoms with Crippen LogP contribution < -0.4 is 16.4 Å². The van der Waals surface area contributed by atoms with Crippen LogP contribution in [0.25, 0.3) is 0 Å². The maximum Gasteiger partial charge on any atom is 0.319 e. The molecule has 3 amide bonds. The van der Waals surface area contributed by atoms with Gasteiger partial charge >= 0.3 is 6.03 Å². The van der Waals surface area contributed by atoms with Crippen LogP contribution in [0.5, 0.6) is 0 Å². The molecule has 2 atom stereocenters. The molecule has 0 spiro atoms. The molecule has 132 valence electrons. The van der Waals surface area contributed by atoms with Gasteiger partial charge in [-0.3, -0.25) is 4.79 Å². The first-order chi connectivity index (χ1) is 11.5. The number of nitrogens with two attached hydrogens (primary N) is 1. The first-order valence-corrected chi connectivity index (χ1v) is 8.66. The summed E-state index contributed by atoms with van der Waals surface area (Å²) >= 11 is 0. The Labute approximate surface area is 143 Å². The summed E-state index contributed by atoms with van der Waals surface area (Å²) in [5, 5.41) is 5.53. The van der Waals surface area contributed by atoms with Gasteiger partial charge in [0.05, 0.1) is 6.42 Å². The third-order valence-electron chi connectivity index (χ3n) is 4.42. The number of likely N-dealkylation sites (tertiary alicyclic amines) is 1. The first-order valence-electron chi connectivity index (χ1n) is 8.66. The third kappa shape index (κ3) is 4.96. The van der Waals surface area contributed by atoms with Crippen LogP contribution >= 0.6 is 0 Å².